The van der Waals surface area contributed by atoms with Crippen molar-refractivity contribution in [3.63, 3.8) is 0 Å². The lowest BCUT2D eigenvalue weighted by atomic mass is 9.85. The second-order valence-electron chi connectivity index (χ2n) is 8.29. The van der Waals surface area contributed by atoms with Gasteiger partial charge in [0.15, 0.2) is 0 Å². The summed E-state index contributed by atoms with van der Waals surface area (Å²) in [6.45, 7) is 3.70. The highest BCUT2D eigenvalue weighted by Gasteiger charge is 2.31. The number of aromatic nitrogens is 2. The zero-order valence-electron chi connectivity index (χ0n) is 17.3. The first-order valence-corrected chi connectivity index (χ1v) is 10.7. The molecule has 1 aliphatic carbocycles. The van der Waals surface area contributed by atoms with Gasteiger partial charge in [-0.15, -0.1) is 0 Å². The lowest BCUT2D eigenvalue weighted by Crippen LogP contribution is -2.48. The van der Waals surface area contributed by atoms with Crippen LogP contribution in [0.2, 0.25) is 0 Å². The number of nitrogens with one attached hydrogen (secondary N) is 1. The van der Waals surface area contributed by atoms with Crippen molar-refractivity contribution in [2.24, 2.45) is 11.8 Å². The third-order valence-corrected chi connectivity index (χ3v) is 6.27. The van der Waals surface area contributed by atoms with Crippen molar-refractivity contribution < 1.29 is 14.1 Å². The average molecular weight is 399 g/mol. The van der Waals surface area contributed by atoms with Crippen molar-refractivity contribution >= 4 is 11.9 Å². The zero-order chi connectivity index (χ0) is 20.2. The Morgan fingerprint density at radius 3 is 2.72 bits per heavy atom. The van der Waals surface area contributed by atoms with Gasteiger partial charge in [-0.05, 0) is 55.9 Å². The maximum atomic E-state index is 12.9. The average Bonchev–Trinajstić information content (AvgIpc) is 3.26. The van der Waals surface area contributed by atoms with Gasteiger partial charge in [0, 0.05) is 24.7 Å². The summed E-state index contributed by atoms with van der Waals surface area (Å²) in [5, 5.41) is 7.43. The minimum atomic E-state index is -0.0331. The summed E-state index contributed by atoms with van der Waals surface area (Å²) in [5.74, 6) is 2.04. The SMILES string of the molecule is COc1ccc(-c2noc(N3CCC[C@H](C(=O)N[C@@H]4CCCC[C@@H]4C)C3)n2)cc1. The Balaban J connectivity index is 1.39. The van der Waals surface area contributed by atoms with E-state index in [9.17, 15) is 4.79 Å². The summed E-state index contributed by atoms with van der Waals surface area (Å²) in [5.41, 5.74) is 0.874. The molecule has 2 heterocycles. The van der Waals surface area contributed by atoms with Gasteiger partial charge in [0.25, 0.3) is 0 Å². The highest BCUT2D eigenvalue weighted by molar-refractivity contribution is 5.79. The Kier molecular flexibility index (Phi) is 6.02. The fourth-order valence-corrected chi connectivity index (χ4v) is 4.40. The van der Waals surface area contributed by atoms with E-state index in [0.717, 1.165) is 37.1 Å². The van der Waals surface area contributed by atoms with Gasteiger partial charge in [-0.25, -0.2) is 0 Å². The summed E-state index contributed by atoms with van der Waals surface area (Å²) < 4.78 is 10.7. The van der Waals surface area contributed by atoms with Crippen LogP contribution in [-0.2, 0) is 4.79 Å². The number of benzene rings is 1. The van der Waals surface area contributed by atoms with E-state index in [1.165, 1.54) is 19.3 Å². The van der Waals surface area contributed by atoms with Gasteiger partial charge in [0.05, 0.1) is 13.0 Å². The summed E-state index contributed by atoms with van der Waals surface area (Å²) in [6, 6.07) is 8.37. The molecule has 1 aliphatic heterocycles. The molecule has 2 fully saturated rings. The second-order valence-corrected chi connectivity index (χ2v) is 8.29. The molecule has 1 saturated heterocycles. The van der Waals surface area contributed by atoms with Crippen LogP contribution in [0.5, 0.6) is 5.75 Å². The number of hydrogen-bond donors (Lipinski definition) is 1. The second kappa shape index (κ2) is 8.84. The Hall–Kier alpha value is -2.57. The van der Waals surface area contributed by atoms with Gasteiger partial charge in [0.1, 0.15) is 5.75 Å². The largest absolute Gasteiger partial charge is 0.497 e. The molecule has 1 N–H and O–H groups in total. The van der Waals surface area contributed by atoms with Crippen molar-refractivity contribution in [2.45, 2.75) is 51.5 Å². The van der Waals surface area contributed by atoms with Crippen LogP contribution in [-0.4, -0.2) is 42.3 Å². The molecule has 3 atom stereocenters. The fraction of sp³-hybridized carbons (Fsp3) is 0.591. The summed E-state index contributed by atoms with van der Waals surface area (Å²) in [6.07, 6.45) is 6.64. The lowest BCUT2D eigenvalue weighted by Gasteiger charge is -2.34. The van der Waals surface area contributed by atoms with Crippen LogP contribution >= 0.6 is 0 Å². The van der Waals surface area contributed by atoms with Crippen molar-refractivity contribution in [3.8, 4) is 17.1 Å². The minimum absolute atomic E-state index is 0.0331. The number of piperidine rings is 1. The van der Waals surface area contributed by atoms with Crippen LogP contribution in [0.4, 0.5) is 6.01 Å². The van der Waals surface area contributed by atoms with Gasteiger partial charge in [0.2, 0.25) is 11.7 Å². The van der Waals surface area contributed by atoms with E-state index in [4.69, 9.17) is 9.26 Å². The molecular formula is C22H30N4O3. The molecule has 1 aromatic carbocycles. The van der Waals surface area contributed by atoms with Crippen LogP contribution in [0.1, 0.15) is 45.4 Å². The van der Waals surface area contributed by atoms with Crippen LogP contribution in [0.3, 0.4) is 0 Å². The van der Waals surface area contributed by atoms with E-state index in [1.54, 1.807) is 7.11 Å². The number of rotatable bonds is 5. The zero-order valence-corrected chi connectivity index (χ0v) is 17.3. The molecule has 2 aliphatic rings. The first-order chi connectivity index (χ1) is 14.1. The maximum Gasteiger partial charge on any atom is 0.324 e. The number of anilines is 1. The molecule has 1 saturated carbocycles. The molecule has 2 aromatic rings. The van der Waals surface area contributed by atoms with Crippen molar-refractivity contribution in [3.05, 3.63) is 24.3 Å². The monoisotopic (exact) mass is 398 g/mol. The van der Waals surface area contributed by atoms with E-state index in [1.807, 2.05) is 29.2 Å². The smallest absolute Gasteiger partial charge is 0.324 e. The lowest BCUT2D eigenvalue weighted by molar-refractivity contribution is -0.126. The van der Waals surface area contributed by atoms with Gasteiger partial charge in [-0.1, -0.05) is 24.9 Å². The fourth-order valence-electron chi connectivity index (χ4n) is 4.40. The number of methoxy groups -OCH3 is 1. The molecule has 0 unspecified atom stereocenters. The molecular weight excluding hydrogens is 368 g/mol. The van der Waals surface area contributed by atoms with E-state index < -0.39 is 0 Å². The maximum absolute atomic E-state index is 12.9. The first kappa shape index (κ1) is 19.7. The number of carbonyl (C=O) groups is 1. The van der Waals surface area contributed by atoms with Gasteiger partial charge >= 0.3 is 6.01 Å². The van der Waals surface area contributed by atoms with Crippen molar-refractivity contribution in [1.82, 2.24) is 15.5 Å². The third kappa shape index (κ3) is 4.54. The Bertz CT molecular complexity index is 820. The first-order valence-electron chi connectivity index (χ1n) is 10.7. The summed E-state index contributed by atoms with van der Waals surface area (Å²) >= 11 is 0. The van der Waals surface area contributed by atoms with Crippen LogP contribution < -0.4 is 15.0 Å². The molecule has 1 aromatic heterocycles. The van der Waals surface area contributed by atoms with E-state index in [-0.39, 0.29) is 11.8 Å². The number of hydrogen-bond acceptors (Lipinski definition) is 6. The normalized spacial score (nSPS) is 24.9. The van der Waals surface area contributed by atoms with Crippen molar-refractivity contribution in [2.75, 3.05) is 25.1 Å². The van der Waals surface area contributed by atoms with Crippen LogP contribution in [0, 0.1) is 11.8 Å². The molecule has 0 bridgehead atoms. The Morgan fingerprint density at radius 2 is 1.97 bits per heavy atom. The predicted octanol–water partition coefficient (Wildman–Crippen LogP) is 3.66. The Labute approximate surface area is 171 Å². The highest BCUT2D eigenvalue weighted by atomic mass is 16.5. The number of ether oxygens (including phenoxy) is 1. The van der Waals surface area contributed by atoms with E-state index >= 15 is 0 Å². The standard InChI is InChI=1S/C22H30N4O3/c1-15-6-3-4-8-19(15)23-21(27)17-7-5-13-26(14-17)22-24-20(25-29-22)16-9-11-18(28-2)12-10-16/h9-12,15,17,19H,3-8,13-14H2,1-2H3,(H,23,27)/t15-,17-,19+/m0/s1. The molecule has 1 amide bonds. The molecule has 7 heteroatoms. The third-order valence-electron chi connectivity index (χ3n) is 6.27. The van der Waals surface area contributed by atoms with E-state index in [2.05, 4.69) is 22.4 Å². The molecule has 0 spiro atoms. The Morgan fingerprint density at radius 1 is 1.17 bits per heavy atom. The summed E-state index contributed by atoms with van der Waals surface area (Å²) in [7, 11) is 1.64. The predicted molar refractivity (Wildman–Crippen MR) is 111 cm³/mol. The van der Waals surface area contributed by atoms with Crippen LogP contribution in [0.15, 0.2) is 28.8 Å². The van der Waals surface area contributed by atoms with E-state index in [0.29, 0.717) is 30.3 Å². The molecule has 29 heavy (non-hydrogen) atoms. The number of carbonyl (C=O) groups excluding carboxylic acids is 1. The highest BCUT2D eigenvalue weighted by Crippen LogP contribution is 2.27. The van der Waals surface area contributed by atoms with Gasteiger partial charge < -0.3 is 19.5 Å². The van der Waals surface area contributed by atoms with Gasteiger partial charge in [-0.2, -0.15) is 4.98 Å². The minimum Gasteiger partial charge on any atom is -0.497 e. The number of amides is 1. The summed E-state index contributed by atoms with van der Waals surface area (Å²) in [4.78, 5) is 19.5. The molecule has 0 radical (unpaired) electrons. The molecule has 7 nitrogen and oxygen atoms in total. The van der Waals surface area contributed by atoms with Crippen LogP contribution in [0.25, 0.3) is 11.4 Å². The van der Waals surface area contributed by atoms with Gasteiger partial charge in [-0.3, -0.25) is 4.79 Å². The molecule has 4 rings (SSSR count). The molecule has 156 valence electrons. The number of nitrogens with zero attached hydrogens (tertiary/aromatic N) is 3. The quantitative estimate of drug-likeness (QED) is 0.828. The van der Waals surface area contributed by atoms with Crippen molar-refractivity contribution in [1.29, 1.82) is 0 Å². The topological polar surface area (TPSA) is 80.5 Å².